The Labute approximate surface area is 177 Å². The second kappa shape index (κ2) is 8.09. The van der Waals surface area contributed by atoms with E-state index in [0.29, 0.717) is 13.1 Å². The maximum atomic E-state index is 12.9. The molecule has 1 aliphatic carbocycles. The van der Waals surface area contributed by atoms with E-state index >= 15 is 0 Å². The van der Waals surface area contributed by atoms with Crippen molar-refractivity contribution in [3.05, 3.63) is 63.7 Å². The van der Waals surface area contributed by atoms with Crippen molar-refractivity contribution in [1.82, 2.24) is 9.62 Å². The number of nitrogens with zero attached hydrogens (tertiary/aromatic N) is 1. The van der Waals surface area contributed by atoms with Gasteiger partial charge in [0.25, 0.3) is 5.91 Å². The van der Waals surface area contributed by atoms with E-state index in [9.17, 15) is 13.2 Å². The van der Waals surface area contributed by atoms with Crippen molar-refractivity contribution in [3.63, 3.8) is 0 Å². The largest absolute Gasteiger partial charge is 0.345 e. The summed E-state index contributed by atoms with van der Waals surface area (Å²) in [5, 5.41) is 3.20. The molecule has 1 amide bonds. The minimum atomic E-state index is -3.60. The fourth-order valence-corrected chi connectivity index (χ4v) is 5.88. The number of hydrogen-bond acceptors (Lipinski definition) is 3. The molecule has 2 aromatic carbocycles. The second-order valence-electron chi connectivity index (χ2n) is 7.83. The fraction of sp³-hybridized carbons (Fsp3) is 0.409. The number of hydrogen-bond donors (Lipinski definition) is 1. The van der Waals surface area contributed by atoms with Crippen LogP contribution in [-0.2, 0) is 22.9 Å². The Morgan fingerprint density at radius 1 is 1.03 bits per heavy atom. The highest BCUT2D eigenvalue weighted by Crippen LogP contribution is 2.27. The summed E-state index contributed by atoms with van der Waals surface area (Å²) in [5.74, 6) is -0.374. The van der Waals surface area contributed by atoms with E-state index in [4.69, 9.17) is 11.6 Å². The zero-order valence-corrected chi connectivity index (χ0v) is 18.0. The van der Waals surface area contributed by atoms with Crippen LogP contribution in [0.15, 0.2) is 41.3 Å². The van der Waals surface area contributed by atoms with Crippen LogP contribution in [0.5, 0.6) is 0 Å². The summed E-state index contributed by atoms with van der Waals surface area (Å²) in [4.78, 5) is 13.0. The molecule has 154 valence electrons. The van der Waals surface area contributed by atoms with Crippen LogP contribution in [0.3, 0.4) is 0 Å². The van der Waals surface area contributed by atoms with E-state index in [-0.39, 0.29) is 27.4 Å². The molecule has 0 aromatic heterocycles. The van der Waals surface area contributed by atoms with Gasteiger partial charge in [0.05, 0.1) is 21.5 Å². The van der Waals surface area contributed by atoms with Gasteiger partial charge in [-0.25, -0.2) is 8.42 Å². The van der Waals surface area contributed by atoms with Gasteiger partial charge in [-0.15, -0.1) is 0 Å². The number of fused-ring (bicyclic) bond motifs is 1. The lowest BCUT2D eigenvalue weighted by Crippen LogP contribution is -2.29. The van der Waals surface area contributed by atoms with Crippen molar-refractivity contribution >= 4 is 27.5 Å². The molecule has 1 fully saturated rings. The average molecular weight is 433 g/mol. The molecule has 1 aliphatic heterocycles. The standard InChI is InChI=1S/C22H25ClN2O3S/c1-15(17-8-7-16-5-4-6-18(16)13-17)24-22(26)20-14-19(9-10-21(20)23)29(27,28)25-11-2-3-12-25/h7-10,13-15H,2-6,11-12H2,1H3,(H,24,26)/t15-/m0/s1. The summed E-state index contributed by atoms with van der Waals surface area (Å²) in [5.41, 5.74) is 3.95. The van der Waals surface area contributed by atoms with Crippen LogP contribution in [0.1, 0.15) is 59.3 Å². The van der Waals surface area contributed by atoms with Crippen molar-refractivity contribution in [2.75, 3.05) is 13.1 Å². The van der Waals surface area contributed by atoms with Gasteiger partial charge in [0, 0.05) is 13.1 Å². The summed E-state index contributed by atoms with van der Waals surface area (Å²) < 4.78 is 27.1. The van der Waals surface area contributed by atoms with Crippen molar-refractivity contribution < 1.29 is 13.2 Å². The van der Waals surface area contributed by atoms with Gasteiger partial charge < -0.3 is 5.32 Å². The molecule has 0 bridgehead atoms. The molecule has 4 rings (SSSR count). The molecule has 0 unspecified atom stereocenters. The van der Waals surface area contributed by atoms with Crippen LogP contribution in [0.25, 0.3) is 0 Å². The molecule has 0 spiro atoms. The number of nitrogens with one attached hydrogen (secondary N) is 1. The number of carbonyl (C=O) groups excluding carboxylic acids is 1. The van der Waals surface area contributed by atoms with E-state index in [1.165, 1.54) is 40.1 Å². The minimum absolute atomic E-state index is 0.110. The van der Waals surface area contributed by atoms with E-state index in [0.717, 1.165) is 31.2 Å². The Kier molecular flexibility index (Phi) is 5.69. The summed E-state index contributed by atoms with van der Waals surface area (Å²) in [6.45, 7) is 2.96. The number of sulfonamides is 1. The maximum absolute atomic E-state index is 12.9. The molecule has 7 heteroatoms. The molecule has 1 heterocycles. The predicted octanol–water partition coefficient (Wildman–Crippen LogP) is 4.10. The second-order valence-corrected chi connectivity index (χ2v) is 10.2. The van der Waals surface area contributed by atoms with E-state index in [1.807, 2.05) is 13.0 Å². The fourth-order valence-electron chi connectivity index (χ4n) is 4.14. The van der Waals surface area contributed by atoms with Crippen molar-refractivity contribution in [2.45, 2.75) is 50.0 Å². The molecular formula is C22H25ClN2O3S. The molecular weight excluding hydrogens is 408 g/mol. The van der Waals surface area contributed by atoms with E-state index < -0.39 is 10.0 Å². The quantitative estimate of drug-likeness (QED) is 0.773. The summed E-state index contributed by atoms with van der Waals surface area (Å²) in [6.07, 6.45) is 5.08. The Hall–Kier alpha value is -1.89. The predicted molar refractivity (Wildman–Crippen MR) is 114 cm³/mol. The monoisotopic (exact) mass is 432 g/mol. The number of aryl methyl sites for hydroxylation is 2. The molecule has 2 aromatic rings. The zero-order valence-electron chi connectivity index (χ0n) is 16.4. The number of halogens is 1. The van der Waals surface area contributed by atoms with Crippen LogP contribution >= 0.6 is 11.6 Å². The van der Waals surface area contributed by atoms with Gasteiger partial charge in [0.15, 0.2) is 0 Å². The number of carbonyl (C=O) groups is 1. The minimum Gasteiger partial charge on any atom is -0.345 e. The van der Waals surface area contributed by atoms with Gasteiger partial charge in [-0.2, -0.15) is 4.31 Å². The number of amides is 1. The summed E-state index contributed by atoms with van der Waals surface area (Å²) >= 11 is 6.24. The Balaban J connectivity index is 1.55. The van der Waals surface area contributed by atoms with Gasteiger partial charge in [-0.3, -0.25) is 4.79 Å². The van der Waals surface area contributed by atoms with Crippen LogP contribution < -0.4 is 5.32 Å². The third-order valence-electron chi connectivity index (χ3n) is 5.86. The average Bonchev–Trinajstić information content (AvgIpc) is 3.39. The molecule has 5 nitrogen and oxygen atoms in total. The zero-order chi connectivity index (χ0) is 20.6. The van der Waals surface area contributed by atoms with Gasteiger partial charge in [0.2, 0.25) is 10.0 Å². The summed E-state index contributed by atoms with van der Waals surface area (Å²) in [7, 11) is -3.60. The molecule has 1 N–H and O–H groups in total. The van der Waals surface area contributed by atoms with Crippen molar-refractivity contribution in [1.29, 1.82) is 0 Å². The highest BCUT2D eigenvalue weighted by Gasteiger charge is 2.28. The van der Waals surface area contributed by atoms with Gasteiger partial charge in [-0.1, -0.05) is 29.8 Å². The van der Waals surface area contributed by atoms with Crippen molar-refractivity contribution in [2.24, 2.45) is 0 Å². The topological polar surface area (TPSA) is 66.5 Å². The lowest BCUT2D eigenvalue weighted by molar-refractivity contribution is 0.0940. The maximum Gasteiger partial charge on any atom is 0.253 e. The highest BCUT2D eigenvalue weighted by molar-refractivity contribution is 7.89. The van der Waals surface area contributed by atoms with Crippen LogP contribution in [0, 0.1) is 0 Å². The van der Waals surface area contributed by atoms with Crippen LogP contribution in [-0.4, -0.2) is 31.7 Å². The van der Waals surface area contributed by atoms with E-state index in [2.05, 4.69) is 17.4 Å². The normalized spacial score (nSPS) is 17.9. The number of rotatable bonds is 5. The Morgan fingerprint density at radius 3 is 2.52 bits per heavy atom. The molecule has 1 saturated heterocycles. The van der Waals surface area contributed by atoms with Gasteiger partial charge >= 0.3 is 0 Å². The molecule has 0 radical (unpaired) electrons. The van der Waals surface area contributed by atoms with E-state index in [1.54, 1.807) is 0 Å². The third kappa shape index (κ3) is 4.06. The first-order valence-electron chi connectivity index (χ1n) is 10.1. The molecule has 0 saturated carbocycles. The highest BCUT2D eigenvalue weighted by atomic mass is 35.5. The molecule has 2 aliphatic rings. The molecule has 1 atom stereocenters. The van der Waals surface area contributed by atoms with Crippen LogP contribution in [0.4, 0.5) is 0 Å². The number of benzene rings is 2. The first-order chi connectivity index (χ1) is 13.9. The lowest BCUT2D eigenvalue weighted by Gasteiger charge is -2.18. The van der Waals surface area contributed by atoms with Crippen molar-refractivity contribution in [3.8, 4) is 0 Å². The third-order valence-corrected chi connectivity index (χ3v) is 8.08. The SMILES string of the molecule is C[C@H](NC(=O)c1cc(S(=O)(=O)N2CCCC2)ccc1Cl)c1ccc2c(c1)CCC2. The first kappa shape index (κ1) is 20.4. The van der Waals surface area contributed by atoms with Gasteiger partial charge in [-0.05, 0) is 73.9 Å². The first-order valence-corrected chi connectivity index (χ1v) is 11.9. The Bertz CT molecular complexity index is 1050. The summed E-state index contributed by atoms with van der Waals surface area (Å²) in [6, 6.07) is 10.5. The Morgan fingerprint density at radius 2 is 1.76 bits per heavy atom. The van der Waals surface area contributed by atoms with Gasteiger partial charge in [0.1, 0.15) is 0 Å². The lowest BCUT2D eigenvalue weighted by atomic mass is 10.0. The van der Waals surface area contributed by atoms with Crippen LogP contribution in [0.2, 0.25) is 5.02 Å². The smallest absolute Gasteiger partial charge is 0.253 e. The molecule has 29 heavy (non-hydrogen) atoms.